The molecule has 0 radical (unpaired) electrons. The molecule has 1 atom stereocenters. The smallest absolute Gasteiger partial charge is 0.230 e. The summed E-state index contributed by atoms with van der Waals surface area (Å²) in [6.07, 6.45) is 3.55. The summed E-state index contributed by atoms with van der Waals surface area (Å²) >= 11 is 0. The van der Waals surface area contributed by atoms with E-state index in [1.54, 1.807) is 21.3 Å². The predicted molar refractivity (Wildman–Crippen MR) is 120 cm³/mol. The van der Waals surface area contributed by atoms with Gasteiger partial charge in [-0.25, -0.2) is 4.98 Å². The molecule has 0 bridgehead atoms. The summed E-state index contributed by atoms with van der Waals surface area (Å²) in [7, 11) is 4.99. The van der Waals surface area contributed by atoms with Crippen LogP contribution in [0, 0.1) is 6.92 Å². The van der Waals surface area contributed by atoms with Crippen molar-refractivity contribution in [2.24, 2.45) is 0 Å². The van der Waals surface area contributed by atoms with Gasteiger partial charge in [0.15, 0.2) is 0 Å². The average molecular weight is 423 g/mol. The lowest BCUT2D eigenvalue weighted by Gasteiger charge is -2.35. The fourth-order valence-electron chi connectivity index (χ4n) is 4.26. The fraction of sp³-hybridized carbons (Fsp3) is 0.400. The molecule has 6 nitrogen and oxygen atoms in total. The first-order valence-corrected chi connectivity index (χ1v) is 10.7. The van der Waals surface area contributed by atoms with Crippen molar-refractivity contribution in [1.82, 2.24) is 9.88 Å². The van der Waals surface area contributed by atoms with Gasteiger partial charge in [-0.05, 0) is 56.1 Å². The second-order valence-corrected chi connectivity index (χ2v) is 7.85. The van der Waals surface area contributed by atoms with E-state index in [0.29, 0.717) is 17.7 Å². The Balaban J connectivity index is 1.60. The average Bonchev–Trinajstić information content (AvgIpc) is 3.18. The van der Waals surface area contributed by atoms with E-state index in [-0.39, 0.29) is 0 Å². The van der Waals surface area contributed by atoms with Gasteiger partial charge in [-0.1, -0.05) is 18.6 Å². The van der Waals surface area contributed by atoms with E-state index in [9.17, 15) is 0 Å². The Hall–Kier alpha value is -2.99. The normalized spacial score (nSPS) is 16.8. The Morgan fingerprint density at radius 2 is 1.81 bits per heavy atom. The van der Waals surface area contributed by atoms with Gasteiger partial charge in [-0.2, -0.15) is 0 Å². The second kappa shape index (κ2) is 9.43. The fourth-order valence-corrected chi connectivity index (χ4v) is 4.26. The molecular weight excluding hydrogens is 392 g/mol. The minimum Gasteiger partial charge on any atom is -0.497 e. The Kier molecular flexibility index (Phi) is 6.47. The minimum absolute atomic E-state index is 0.346. The third-order valence-corrected chi connectivity index (χ3v) is 5.98. The molecular formula is C25H30N2O4. The summed E-state index contributed by atoms with van der Waals surface area (Å²) < 4.78 is 22.3. The molecule has 1 aliphatic heterocycles. The van der Waals surface area contributed by atoms with Gasteiger partial charge in [0, 0.05) is 18.7 Å². The molecule has 1 aromatic heterocycles. The largest absolute Gasteiger partial charge is 0.497 e. The van der Waals surface area contributed by atoms with Crippen molar-refractivity contribution in [3.05, 3.63) is 59.5 Å². The predicted octanol–water partition coefficient (Wildman–Crippen LogP) is 5.40. The Bertz CT molecular complexity index is 1030. The number of hydrogen-bond acceptors (Lipinski definition) is 6. The summed E-state index contributed by atoms with van der Waals surface area (Å²) in [5, 5.41) is 0. The molecule has 0 spiro atoms. The molecule has 6 heteroatoms. The first kappa shape index (κ1) is 21.2. The number of ether oxygens (including phenoxy) is 3. The lowest BCUT2D eigenvalue weighted by Crippen LogP contribution is -2.33. The summed E-state index contributed by atoms with van der Waals surface area (Å²) in [4.78, 5) is 7.34. The van der Waals surface area contributed by atoms with Crippen molar-refractivity contribution in [3.8, 4) is 28.7 Å². The lowest BCUT2D eigenvalue weighted by atomic mass is 9.95. The molecule has 164 valence electrons. The topological polar surface area (TPSA) is 57.0 Å². The standard InChI is InChI=1S/C25H30N2O4/c1-17-22(26-25(31-17)21-12-11-20(29-3)15-24(21)30-4)16-27-13-6-5-10-23(27)18-8-7-9-19(14-18)28-2/h7-9,11-12,14-15,23H,5-6,10,13,16H2,1-4H3/t23-/m0/s1. The van der Waals surface area contributed by atoms with E-state index in [1.165, 1.54) is 18.4 Å². The van der Waals surface area contributed by atoms with Crippen LogP contribution in [0.3, 0.4) is 0 Å². The van der Waals surface area contributed by atoms with Crippen molar-refractivity contribution in [1.29, 1.82) is 0 Å². The van der Waals surface area contributed by atoms with Crippen LogP contribution >= 0.6 is 0 Å². The molecule has 4 rings (SSSR count). The van der Waals surface area contributed by atoms with Gasteiger partial charge >= 0.3 is 0 Å². The van der Waals surface area contributed by atoms with Gasteiger partial charge < -0.3 is 18.6 Å². The number of aryl methyl sites for hydroxylation is 1. The molecule has 0 N–H and O–H groups in total. The van der Waals surface area contributed by atoms with Gasteiger partial charge in [0.1, 0.15) is 23.0 Å². The van der Waals surface area contributed by atoms with E-state index in [2.05, 4.69) is 23.1 Å². The number of oxazole rings is 1. The zero-order chi connectivity index (χ0) is 21.8. The van der Waals surface area contributed by atoms with E-state index in [4.69, 9.17) is 23.6 Å². The lowest BCUT2D eigenvalue weighted by molar-refractivity contribution is 0.138. The van der Waals surface area contributed by atoms with Gasteiger partial charge in [0.25, 0.3) is 0 Å². The highest BCUT2D eigenvalue weighted by Crippen LogP contribution is 2.36. The molecule has 1 fully saturated rings. The highest BCUT2D eigenvalue weighted by atomic mass is 16.5. The van der Waals surface area contributed by atoms with Crippen LogP contribution in [0.4, 0.5) is 0 Å². The van der Waals surface area contributed by atoms with E-state index >= 15 is 0 Å². The van der Waals surface area contributed by atoms with Crippen LogP contribution in [0.1, 0.15) is 42.3 Å². The summed E-state index contributed by atoms with van der Waals surface area (Å²) in [5.41, 5.74) is 3.07. The summed E-state index contributed by atoms with van der Waals surface area (Å²) in [6.45, 7) is 3.76. The monoisotopic (exact) mass is 422 g/mol. The van der Waals surface area contributed by atoms with Crippen LogP contribution < -0.4 is 14.2 Å². The van der Waals surface area contributed by atoms with E-state index in [0.717, 1.165) is 48.0 Å². The molecule has 2 aromatic carbocycles. The quantitative estimate of drug-likeness (QED) is 0.508. The molecule has 31 heavy (non-hydrogen) atoms. The minimum atomic E-state index is 0.346. The van der Waals surface area contributed by atoms with E-state index in [1.807, 2.05) is 31.2 Å². The van der Waals surface area contributed by atoms with Crippen LogP contribution in [0.15, 0.2) is 46.9 Å². The van der Waals surface area contributed by atoms with Gasteiger partial charge in [0.2, 0.25) is 5.89 Å². The number of nitrogens with zero attached hydrogens (tertiary/aromatic N) is 2. The van der Waals surface area contributed by atoms with Crippen LogP contribution in [0.25, 0.3) is 11.5 Å². The molecule has 1 saturated heterocycles. The maximum atomic E-state index is 6.06. The maximum Gasteiger partial charge on any atom is 0.230 e. The number of aromatic nitrogens is 1. The van der Waals surface area contributed by atoms with Crippen molar-refractivity contribution in [2.75, 3.05) is 27.9 Å². The number of rotatable bonds is 7. The number of piperidine rings is 1. The Morgan fingerprint density at radius 3 is 2.58 bits per heavy atom. The number of benzene rings is 2. The molecule has 0 saturated carbocycles. The van der Waals surface area contributed by atoms with Crippen molar-refractivity contribution < 1.29 is 18.6 Å². The molecule has 1 aliphatic rings. The first-order chi connectivity index (χ1) is 15.1. The summed E-state index contributed by atoms with van der Waals surface area (Å²) in [6, 6.07) is 14.4. The van der Waals surface area contributed by atoms with Gasteiger partial charge in [0.05, 0.1) is 32.6 Å². The molecule has 2 heterocycles. The molecule has 0 aliphatic carbocycles. The third kappa shape index (κ3) is 4.54. The number of hydrogen-bond donors (Lipinski definition) is 0. The third-order valence-electron chi connectivity index (χ3n) is 5.98. The molecule has 0 amide bonds. The zero-order valence-corrected chi connectivity index (χ0v) is 18.7. The second-order valence-electron chi connectivity index (χ2n) is 7.85. The van der Waals surface area contributed by atoms with Crippen molar-refractivity contribution in [3.63, 3.8) is 0 Å². The highest BCUT2D eigenvalue weighted by molar-refractivity contribution is 5.65. The SMILES string of the molecule is COc1cccc([C@@H]2CCCCN2Cc2nc(-c3ccc(OC)cc3OC)oc2C)c1. The van der Waals surface area contributed by atoms with E-state index < -0.39 is 0 Å². The van der Waals surface area contributed by atoms with Crippen LogP contribution in [-0.4, -0.2) is 37.8 Å². The first-order valence-electron chi connectivity index (χ1n) is 10.7. The van der Waals surface area contributed by atoms with Crippen LogP contribution in [0.2, 0.25) is 0 Å². The highest BCUT2D eigenvalue weighted by Gasteiger charge is 2.26. The summed E-state index contributed by atoms with van der Waals surface area (Å²) in [5.74, 6) is 3.72. The maximum absolute atomic E-state index is 6.06. The van der Waals surface area contributed by atoms with Crippen LogP contribution in [-0.2, 0) is 6.54 Å². The van der Waals surface area contributed by atoms with Crippen molar-refractivity contribution >= 4 is 0 Å². The molecule has 0 unspecified atom stereocenters. The van der Waals surface area contributed by atoms with Crippen molar-refractivity contribution in [2.45, 2.75) is 38.8 Å². The Morgan fingerprint density at radius 1 is 1.00 bits per heavy atom. The van der Waals surface area contributed by atoms with Gasteiger partial charge in [-0.15, -0.1) is 0 Å². The van der Waals surface area contributed by atoms with Crippen LogP contribution in [0.5, 0.6) is 17.2 Å². The van der Waals surface area contributed by atoms with Gasteiger partial charge in [-0.3, -0.25) is 4.90 Å². The number of likely N-dealkylation sites (tertiary alicyclic amines) is 1. The zero-order valence-electron chi connectivity index (χ0n) is 18.7. The molecule has 3 aromatic rings. The Labute approximate surface area is 183 Å². The number of methoxy groups -OCH3 is 3.